The fraction of sp³-hybridized carbons (Fsp3) is 0.407. The molecule has 188 valence electrons. The van der Waals surface area contributed by atoms with Crippen molar-refractivity contribution >= 4 is 17.4 Å². The predicted octanol–water partition coefficient (Wildman–Crippen LogP) is 6.29. The van der Waals surface area contributed by atoms with Gasteiger partial charge in [0.05, 0.1) is 11.7 Å². The highest BCUT2D eigenvalue weighted by Gasteiger charge is 2.31. The minimum absolute atomic E-state index is 0. The molecular weight excluding hydrogens is 434 g/mol. The average molecular weight is 475 g/mol. The van der Waals surface area contributed by atoms with E-state index in [1.807, 2.05) is 11.8 Å². The van der Waals surface area contributed by atoms with Crippen LogP contribution in [0.3, 0.4) is 0 Å². The monoisotopic (exact) mass is 474 g/mol. The first kappa shape index (κ1) is 30.6. The van der Waals surface area contributed by atoms with E-state index in [1.54, 1.807) is 29.3 Å². The summed E-state index contributed by atoms with van der Waals surface area (Å²) in [6.07, 6.45) is 10.4. The summed E-state index contributed by atoms with van der Waals surface area (Å²) in [5.74, 6) is 0.215. The number of terminal acetylenes is 1. The van der Waals surface area contributed by atoms with Gasteiger partial charge in [-0.25, -0.2) is 13.8 Å². The summed E-state index contributed by atoms with van der Waals surface area (Å²) in [6.45, 7) is 12.5. The molecule has 7 heteroatoms. The van der Waals surface area contributed by atoms with E-state index in [2.05, 4.69) is 29.4 Å². The van der Waals surface area contributed by atoms with Crippen molar-refractivity contribution in [2.75, 3.05) is 25.0 Å². The number of amides is 1. The summed E-state index contributed by atoms with van der Waals surface area (Å²) in [4.78, 5) is 20.5. The van der Waals surface area contributed by atoms with Crippen molar-refractivity contribution in [1.82, 2.24) is 9.80 Å². The van der Waals surface area contributed by atoms with E-state index in [1.165, 1.54) is 25.1 Å². The molecule has 1 aromatic carbocycles. The molecule has 1 fully saturated rings. The van der Waals surface area contributed by atoms with Crippen LogP contribution in [0.25, 0.3) is 0 Å². The molecule has 1 aromatic rings. The van der Waals surface area contributed by atoms with Crippen molar-refractivity contribution in [3.63, 3.8) is 0 Å². The molecule has 0 radical (unpaired) electrons. The average Bonchev–Trinajstić information content (AvgIpc) is 2.79. The number of nitrogens with zero attached hydrogens (tertiary/aromatic N) is 3. The second kappa shape index (κ2) is 14.0. The zero-order valence-corrected chi connectivity index (χ0v) is 18.7. The summed E-state index contributed by atoms with van der Waals surface area (Å²) >= 11 is 0. The molecule has 1 aliphatic heterocycles. The maximum Gasteiger partial charge on any atom is 0.273 e. The fourth-order valence-electron chi connectivity index (χ4n) is 3.49. The number of hydrogen-bond acceptors (Lipinski definition) is 3. The third-order valence-corrected chi connectivity index (χ3v) is 5.26. The molecule has 1 N–H and O–H groups in total. The van der Waals surface area contributed by atoms with Crippen molar-refractivity contribution in [3.05, 3.63) is 67.0 Å². The smallest absolute Gasteiger partial charge is 0.273 e. The number of carbonyl (C=O) groups excluding carboxylic acids is 1. The molecule has 5 nitrogen and oxygen atoms in total. The van der Waals surface area contributed by atoms with Crippen molar-refractivity contribution < 1.29 is 15.0 Å². The van der Waals surface area contributed by atoms with E-state index < -0.39 is 5.92 Å². The highest BCUT2D eigenvalue weighted by atomic mass is 19.3. The van der Waals surface area contributed by atoms with Gasteiger partial charge in [-0.3, -0.25) is 4.79 Å². The van der Waals surface area contributed by atoms with Gasteiger partial charge >= 0.3 is 0 Å². The number of carbonyl (C=O) groups is 1. The van der Waals surface area contributed by atoms with Gasteiger partial charge in [0.1, 0.15) is 0 Å². The standard InChI is InChI=1S/C25H30F2N4O.2CH4.H2/c1-6-10-22-18-30(16-17-31(22)23(32)8-3)24(28-15-7-2)19(5)29-21-13-11-20(12-14-21)25(26,27)9-4;;;/h1,7-8,11-15,22,29H,3,5,9-10,16-18H2,2,4H3;2*1H4;1H/b15-7-,28-24?;;;. The topological polar surface area (TPSA) is 47.9 Å². The number of halogens is 2. The molecule has 0 saturated carbocycles. The lowest BCUT2D eigenvalue weighted by Gasteiger charge is -2.42. The fourth-order valence-corrected chi connectivity index (χ4v) is 3.49. The van der Waals surface area contributed by atoms with Gasteiger partial charge < -0.3 is 15.1 Å². The quantitative estimate of drug-likeness (QED) is 0.209. The van der Waals surface area contributed by atoms with Gasteiger partial charge in [0.15, 0.2) is 5.84 Å². The van der Waals surface area contributed by atoms with Crippen LogP contribution in [-0.4, -0.2) is 47.2 Å². The van der Waals surface area contributed by atoms with Crippen molar-refractivity contribution in [2.45, 2.75) is 53.5 Å². The SMILES string of the molecule is C.C.C#CCC1CN(C(=N/C=C\C)C(=C)Nc2ccc(C(F)(F)CC)cc2)CCN1C(=O)C=C.[HH]. The number of piperazine rings is 1. The second-order valence-corrected chi connectivity index (χ2v) is 7.42. The molecule has 0 aliphatic carbocycles. The lowest BCUT2D eigenvalue weighted by molar-refractivity contribution is -0.129. The zero-order valence-electron chi connectivity index (χ0n) is 18.7. The number of aliphatic imine (C=N–C) groups is 1. The minimum Gasteiger partial charge on any atom is -0.353 e. The number of anilines is 1. The van der Waals surface area contributed by atoms with Gasteiger partial charge in [0, 0.05) is 51.4 Å². The molecular formula is C27H40F2N4O. The Bertz CT molecular complexity index is 935. The Morgan fingerprint density at radius 3 is 2.53 bits per heavy atom. The second-order valence-electron chi connectivity index (χ2n) is 7.42. The molecule has 34 heavy (non-hydrogen) atoms. The first-order chi connectivity index (χ1) is 15.3. The Morgan fingerprint density at radius 2 is 2.00 bits per heavy atom. The van der Waals surface area contributed by atoms with Crippen LogP contribution in [0, 0.1) is 12.3 Å². The molecule has 1 atom stereocenters. The van der Waals surface area contributed by atoms with E-state index in [0.29, 0.717) is 43.3 Å². The lowest BCUT2D eigenvalue weighted by atomic mass is 10.1. The van der Waals surface area contributed by atoms with Crippen LogP contribution >= 0.6 is 0 Å². The van der Waals surface area contributed by atoms with Crippen LogP contribution in [0.1, 0.15) is 48.5 Å². The van der Waals surface area contributed by atoms with Gasteiger partial charge in [-0.05, 0) is 25.1 Å². The zero-order chi connectivity index (χ0) is 23.7. The number of nitrogens with one attached hydrogen (secondary N) is 1. The normalized spacial score (nSPS) is 16.2. The summed E-state index contributed by atoms with van der Waals surface area (Å²) in [7, 11) is 0. The van der Waals surface area contributed by atoms with Crippen LogP contribution in [0.5, 0.6) is 0 Å². The molecule has 0 aromatic heterocycles. The number of allylic oxidation sites excluding steroid dienone is 1. The predicted molar refractivity (Wildman–Crippen MR) is 142 cm³/mol. The molecule has 1 amide bonds. The third-order valence-electron chi connectivity index (χ3n) is 5.26. The van der Waals surface area contributed by atoms with Crippen LogP contribution in [0.4, 0.5) is 14.5 Å². The van der Waals surface area contributed by atoms with Gasteiger partial charge in [-0.1, -0.05) is 53.1 Å². The van der Waals surface area contributed by atoms with Crippen molar-refractivity contribution in [3.8, 4) is 12.3 Å². The van der Waals surface area contributed by atoms with E-state index in [9.17, 15) is 13.6 Å². The molecule has 2 rings (SSSR count). The highest BCUT2D eigenvalue weighted by Crippen LogP contribution is 2.32. The van der Waals surface area contributed by atoms with Gasteiger partial charge in [0.25, 0.3) is 5.92 Å². The number of benzene rings is 1. The Balaban J connectivity index is 0. The Morgan fingerprint density at radius 1 is 1.35 bits per heavy atom. The third kappa shape index (κ3) is 7.58. The highest BCUT2D eigenvalue weighted by molar-refractivity contribution is 6.01. The largest absolute Gasteiger partial charge is 0.353 e. The lowest BCUT2D eigenvalue weighted by Crippen LogP contribution is -2.56. The molecule has 1 saturated heterocycles. The maximum absolute atomic E-state index is 13.9. The first-order valence-corrected chi connectivity index (χ1v) is 10.5. The van der Waals surface area contributed by atoms with Crippen LogP contribution < -0.4 is 5.32 Å². The van der Waals surface area contributed by atoms with Gasteiger partial charge in [-0.15, -0.1) is 12.3 Å². The van der Waals surface area contributed by atoms with Crippen LogP contribution in [0.15, 0.2) is 66.5 Å². The van der Waals surface area contributed by atoms with Gasteiger partial charge in [-0.2, -0.15) is 0 Å². The molecule has 1 unspecified atom stereocenters. The number of rotatable bonds is 8. The van der Waals surface area contributed by atoms with Crippen LogP contribution in [0.2, 0.25) is 0 Å². The molecule has 1 aliphatic rings. The Hall–Kier alpha value is -3.40. The number of amidine groups is 1. The first-order valence-electron chi connectivity index (χ1n) is 10.5. The van der Waals surface area contributed by atoms with E-state index in [-0.39, 0.29) is 40.2 Å². The van der Waals surface area contributed by atoms with Gasteiger partial charge in [0.2, 0.25) is 5.91 Å². The van der Waals surface area contributed by atoms with E-state index in [4.69, 9.17) is 6.42 Å². The summed E-state index contributed by atoms with van der Waals surface area (Å²) < 4.78 is 27.8. The van der Waals surface area contributed by atoms with Crippen LogP contribution in [-0.2, 0) is 10.7 Å². The maximum atomic E-state index is 13.9. The van der Waals surface area contributed by atoms with Crippen molar-refractivity contribution in [2.24, 2.45) is 4.99 Å². The molecule has 0 bridgehead atoms. The summed E-state index contributed by atoms with van der Waals surface area (Å²) in [6, 6.07) is 5.83. The molecule has 1 heterocycles. The minimum atomic E-state index is -2.86. The Labute approximate surface area is 205 Å². The molecule has 0 spiro atoms. The van der Waals surface area contributed by atoms with E-state index in [0.717, 1.165) is 0 Å². The summed E-state index contributed by atoms with van der Waals surface area (Å²) in [5, 5.41) is 3.15. The van der Waals surface area contributed by atoms with Crippen molar-refractivity contribution in [1.29, 1.82) is 0 Å². The Kier molecular flexibility index (Phi) is 12.6. The summed E-state index contributed by atoms with van der Waals surface area (Å²) in [5.41, 5.74) is 1.11. The number of hydrogen-bond donors (Lipinski definition) is 1. The number of alkyl halides is 2. The van der Waals surface area contributed by atoms with E-state index >= 15 is 0 Å².